The Bertz CT molecular complexity index is 1180. The van der Waals surface area contributed by atoms with Gasteiger partial charge in [0, 0.05) is 27.2 Å². The van der Waals surface area contributed by atoms with Gasteiger partial charge in [-0.05, 0) is 38.8 Å². The zero-order valence-corrected chi connectivity index (χ0v) is 20.4. The van der Waals surface area contributed by atoms with Crippen LogP contribution in [0.1, 0.15) is 34.0 Å². The van der Waals surface area contributed by atoms with Crippen molar-refractivity contribution in [3.8, 4) is 0 Å². The van der Waals surface area contributed by atoms with Crippen LogP contribution in [-0.2, 0) is 33.1 Å². The first-order valence-electron chi connectivity index (χ1n) is 9.72. The highest BCUT2D eigenvalue weighted by Crippen LogP contribution is 2.25. The molecule has 0 aliphatic rings. The minimum absolute atomic E-state index is 0.0720. The quantitative estimate of drug-likeness (QED) is 0.479. The Morgan fingerprint density at radius 2 is 1.00 bits per heavy atom. The van der Waals surface area contributed by atoms with E-state index in [4.69, 9.17) is 9.05 Å². The number of hydrogen-bond donors (Lipinski definition) is 0. The lowest BCUT2D eigenvalue weighted by atomic mass is 10.1. The molecule has 2 heterocycles. The maximum Gasteiger partial charge on any atom is 0.248 e. The van der Waals surface area contributed by atoms with Gasteiger partial charge in [-0.2, -0.15) is 8.61 Å². The van der Waals surface area contributed by atoms with Crippen molar-refractivity contribution in [2.45, 2.75) is 50.6 Å². The van der Waals surface area contributed by atoms with Gasteiger partial charge < -0.3 is 9.05 Å². The third-order valence-corrected chi connectivity index (χ3v) is 9.20. The van der Waals surface area contributed by atoms with Gasteiger partial charge in [0.25, 0.3) is 0 Å². The average Bonchev–Trinajstić information content (AvgIpc) is 3.24. The van der Waals surface area contributed by atoms with Crippen LogP contribution in [0.4, 0.5) is 0 Å². The second-order valence-electron chi connectivity index (χ2n) is 7.65. The number of nitrogens with zero attached hydrogens (tertiary/aromatic N) is 4. The highest BCUT2D eigenvalue weighted by Gasteiger charge is 2.30. The predicted octanol–water partition coefficient (Wildman–Crippen LogP) is 2.54. The van der Waals surface area contributed by atoms with Crippen molar-refractivity contribution in [3.63, 3.8) is 0 Å². The summed E-state index contributed by atoms with van der Waals surface area (Å²) in [7, 11) is -4.55. The average molecular weight is 483 g/mol. The molecule has 3 rings (SSSR count). The standard InChI is InChI=1S/C20H26N4O6S2/c1-13-19(15(3)29-21-13)31(25,26)23(5)11-17-7-9-18(10-8-17)12-24(6)32(27,28)20-14(2)22-30-16(20)4/h7-10H,11-12H2,1-6H3. The van der Waals surface area contributed by atoms with Gasteiger partial charge in [-0.1, -0.05) is 34.6 Å². The van der Waals surface area contributed by atoms with E-state index < -0.39 is 20.0 Å². The molecule has 1 aromatic carbocycles. The number of rotatable bonds is 8. The molecule has 0 atom stereocenters. The van der Waals surface area contributed by atoms with Gasteiger partial charge in [0.2, 0.25) is 20.0 Å². The summed E-state index contributed by atoms with van der Waals surface area (Å²) in [5, 5.41) is 7.43. The molecule has 32 heavy (non-hydrogen) atoms. The minimum atomic E-state index is -3.76. The molecule has 0 unspecified atom stereocenters. The Labute approximate surface area is 187 Å². The summed E-state index contributed by atoms with van der Waals surface area (Å²) in [4.78, 5) is 0.144. The molecule has 0 radical (unpaired) electrons. The molecular formula is C20H26N4O6S2. The topological polar surface area (TPSA) is 127 Å². The van der Waals surface area contributed by atoms with Crippen LogP contribution in [0, 0.1) is 27.7 Å². The zero-order chi connectivity index (χ0) is 23.8. The van der Waals surface area contributed by atoms with Crippen LogP contribution < -0.4 is 0 Å². The number of benzene rings is 1. The maximum atomic E-state index is 12.9. The van der Waals surface area contributed by atoms with Gasteiger partial charge in [0.15, 0.2) is 11.5 Å². The number of aryl methyl sites for hydroxylation is 4. The summed E-state index contributed by atoms with van der Waals surface area (Å²) < 4.78 is 63.9. The summed E-state index contributed by atoms with van der Waals surface area (Å²) in [6.07, 6.45) is 0. The number of hydrogen-bond acceptors (Lipinski definition) is 8. The molecule has 0 saturated carbocycles. The monoisotopic (exact) mass is 482 g/mol. The van der Waals surface area contributed by atoms with Gasteiger partial charge in [-0.3, -0.25) is 0 Å². The number of aromatic nitrogens is 2. The highest BCUT2D eigenvalue weighted by atomic mass is 32.2. The van der Waals surface area contributed by atoms with Gasteiger partial charge in [0.05, 0.1) is 0 Å². The van der Waals surface area contributed by atoms with Crippen LogP contribution in [0.5, 0.6) is 0 Å². The normalized spacial score (nSPS) is 12.8. The molecule has 3 aromatic rings. The third kappa shape index (κ3) is 4.49. The predicted molar refractivity (Wildman–Crippen MR) is 116 cm³/mol. The number of sulfonamides is 2. The third-order valence-electron chi connectivity index (χ3n) is 5.11. The summed E-state index contributed by atoms with van der Waals surface area (Å²) in [5.41, 5.74) is 2.13. The van der Waals surface area contributed by atoms with Crippen LogP contribution in [0.3, 0.4) is 0 Å². The van der Waals surface area contributed by atoms with Crippen molar-refractivity contribution in [2.75, 3.05) is 14.1 Å². The maximum absolute atomic E-state index is 12.9. The molecule has 0 bridgehead atoms. The van der Waals surface area contributed by atoms with Crippen LogP contribution >= 0.6 is 0 Å². The van der Waals surface area contributed by atoms with Crippen molar-refractivity contribution in [2.24, 2.45) is 0 Å². The molecule has 0 spiro atoms. The van der Waals surface area contributed by atoms with E-state index in [2.05, 4.69) is 10.3 Å². The Morgan fingerprint density at radius 1 is 0.688 bits per heavy atom. The van der Waals surface area contributed by atoms with E-state index in [1.165, 1.54) is 22.7 Å². The fourth-order valence-corrected chi connectivity index (χ4v) is 6.32. The Morgan fingerprint density at radius 3 is 1.25 bits per heavy atom. The summed E-state index contributed by atoms with van der Waals surface area (Å²) >= 11 is 0. The lowest BCUT2D eigenvalue weighted by molar-refractivity contribution is 0.389. The van der Waals surface area contributed by atoms with Crippen molar-refractivity contribution >= 4 is 20.0 Å². The van der Waals surface area contributed by atoms with E-state index in [0.29, 0.717) is 11.4 Å². The van der Waals surface area contributed by atoms with Crippen LogP contribution in [0.25, 0.3) is 0 Å². The first kappa shape index (κ1) is 24.1. The second kappa shape index (κ2) is 8.77. The molecule has 0 N–H and O–H groups in total. The van der Waals surface area contributed by atoms with E-state index in [1.54, 1.807) is 52.0 Å². The Balaban J connectivity index is 1.73. The SMILES string of the molecule is Cc1noc(C)c1S(=O)(=O)N(C)Cc1ccc(CN(C)S(=O)(=O)c2c(C)noc2C)cc1. The molecule has 2 aromatic heterocycles. The van der Waals surface area contributed by atoms with Crippen LogP contribution in [0.15, 0.2) is 43.1 Å². The smallest absolute Gasteiger partial charge is 0.248 e. The molecule has 0 amide bonds. The molecule has 174 valence electrons. The highest BCUT2D eigenvalue weighted by molar-refractivity contribution is 7.89. The minimum Gasteiger partial charge on any atom is -0.360 e. The second-order valence-corrected chi connectivity index (χ2v) is 11.6. The van der Waals surface area contributed by atoms with Gasteiger partial charge in [0.1, 0.15) is 21.2 Å². The van der Waals surface area contributed by atoms with Gasteiger partial charge in [-0.15, -0.1) is 0 Å². The molecule has 12 heteroatoms. The van der Waals surface area contributed by atoms with Crippen LogP contribution in [-0.4, -0.2) is 49.9 Å². The lowest BCUT2D eigenvalue weighted by Gasteiger charge is -2.18. The molecule has 10 nitrogen and oxygen atoms in total. The van der Waals surface area contributed by atoms with E-state index in [-0.39, 0.29) is 34.4 Å². The first-order valence-corrected chi connectivity index (χ1v) is 12.6. The van der Waals surface area contributed by atoms with E-state index >= 15 is 0 Å². The van der Waals surface area contributed by atoms with Gasteiger partial charge >= 0.3 is 0 Å². The van der Waals surface area contributed by atoms with Crippen LogP contribution in [0.2, 0.25) is 0 Å². The summed E-state index contributed by atoms with van der Waals surface area (Å²) in [6.45, 7) is 6.56. The van der Waals surface area contributed by atoms with Crippen molar-refractivity contribution < 1.29 is 25.9 Å². The Kier molecular flexibility index (Phi) is 6.61. The van der Waals surface area contributed by atoms with E-state index in [9.17, 15) is 16.8 Å². The molecule has 0 aliphatic heterocycles. The molecule has 0 aliphatic carbocycles. The van der Waals surface area contributed by atoms with E-state index in [0.717, 1.165) is 11.1 Å². The van der Waals surface area contributed by atoms with Gasteiger partial charge in [-0.25, -0.2) is 16.8 Å². The fourth-order valence-electron chi connectivity index (χ4n) is 3.43. The first-order chi connectivity index (χ1) is 14.9. The summed E-state index contributed by atoms with van der Waals surface area (Å²) in [6, 6.07) is 7.08. The molecule has 0 fully saturated rings. The van der Waals surface area contributed by atoms with E-state index in [1.807, 2.05) is 0 Å². The zero-order valence-electron chi connectivity index (χ0n) is 18.8. The largest absolute Gasteiger partial charge is 0.360 e. The lowest BCUT2D eigenvalue weighted by Crippen LogP contribution is -2.28. The summed E-state index contributed by atoms with van der Waals surface area (Å²) in [5.74, 6) is 0.486. The van der Waals surface area contributed by atoms with Crippen molar-refractivity contribution in [1.82, 2.24) is 18.9 Å². The molecular weight excluding hydrogens is 456 g/mol. The fraction of sp³-hybridized carbons (Fsp3) is 0.400. The van der Waals surface area contributed by atoms with Crippen molar-refractivity contribution in [3.05, 3.63) is 58.3 Å². The van der Waals surface area contributed by atoms with Crippen molar-refractivity contribution in [1.29, 1.82) is 0 Å². The molecule has 0 saturated heterocycles. The Hall–Kier alpha value is -2.54.